The lowest BCUT2D eigenvalue weighted by atomic mass is 10.1. The van der Waals surface area contributed by atoms with Gasteiger partial charge in [0.1, 0.15) is 5.75 Å². The van der Waals surface area contributed by atoms with Crippen molar-refractivity contribution < 1.29 is 14.3 Å². The highest BCUT2D eigenvalue weighted by molar-refractivity contribution is 5.77. The maximum atomic E-state index is 12.4. The van der Waals surface area contributed by atoms with Crippen LogP contribution in [0.1, 0.15) is 17.5 Å². The van der Waals surface area contributed by atoms with Crippen LogP contribution < -0.4 is 4.74 Å². The van der Waals surface area contributed by atoms with E-state index in [-0.39, 0.29) is 12.5 Å². The molecule has 2 aliphatic rings. The van der Waals surface area contributed by atoms with Gasteiger partial charge in [-0.2, -0.15) is 0 Å². The van der Waals surface area contributed by atoms with Crippen molar-refractivity contribution >= 4 is 5.91 Å². The second-order valence-corrected chi connectivity index (χ2v) is 7.02. The first-order chi connectivity index (χ1) is 11.6. The third-order valence-corrected chi connectivity index (χ3v) is 4.82. The maximum absolute atomic E-state index is 12.4. The first kappa shape index (κ1) is 17.2. The largest absolute Gasteiger partial charge is 0.484 e. The molecule has 0 bridgehead atoms. The van der Waals surface area contributed by atoms with Crippen molar-refractivity contribution in [2.24, 2.45) is 5.92 Å². The van der Waals surface area contributed by atoms with Gasteiger partial charge in [0.2, 0.25) is 0 Å². The summed E-state index contributed by atoms with van der Waals surface area (Å²) < 4.78 is 11.1. The average Bonchev–Trinajstić information content (AvgIpc) is 3.05. The summed E-state index contributed by atoms with van der Waals surface area (Å²) in [7, 11) is 0. The molecule has 24 heavy (non-hydrogen) atoms. The van der Waals surface area contributed by atoms with E-state index < -0.39 is 0 Å². The fraction of sp³-hybridized carbons (Fsp3) is 0.632. The minimum Gasteiger partial charge on any atom is -0.484 e. The molecule has 0 aromatic heterocycles. The van der Waals surface area contributed by atoms with Crippen molar-refractivity contribution in [3.63, 3.8) is 0 Å². The van der Waals surface area contributed by atoms with Crippen LogP contribution in [0.2, 0.25) is 0 Å². The molecule has 1 atom stereocenters. The third-order valence-electron chi connectivity index (χ3n) is 4.82. The summed E-state index contributed by atoms with van der Waals surface area (Å²) in [5.74, 6) is 1.53. The zero-order chi connectivity index (χ0) is 16.9. The molecule has 0 radical (unpaired) electrons. The van der Waals surface area contributed by atoms with Crippen molar-refractivity contribution in [1.29, 1.82) is 0 Å². The number of rotatable bonds is 5. The molecule has 0 N–H and O–H groups in total. The van der Waals surface area contributed by atoms with Gasteiger partial charge in [0.05, 0.1) is 6.61 Å². The van der Waals surface area contributed by atoms with Crippen molar-refractivity contribution in [3.8, 4) is 5.75 Å². The molecule has 1 unspecified atom stereocenters. The lowest BCUT2D eigenvalue weighted by Crippen LogP contribution is -2.50. The summed E-state index contributed by atoms with van der Waals surface area (Å²) in [6.45, 7) is 10.6. The molecular weight excluding hydrogens is 304 g/mol. The lowest BCUT2D eigenvalue weighted by molar-refractivity contribution is -0.135. The Morgan fingerprint density at radius 2 is 1.88 bits per heavy atom. The van der Waals surface area contributed by atoms with Gasteiger partial charge in [0.25, 0.3) is 5.91 Å². The Balaban J connectivity index is 1.41. The summed E-state index contributed by atoms with van der Waals surface area (Å²) in [6, 6.07) is 6.05. The van der Waals surface area contributed by atoms with Gasteiger partial charge in [-0.15, -0.1) is 0 Å². The molecule has 5 heteroatoms. The quantitative estimate of drug-likeness (QED) is 0.825. The van der Waals surface area contributed by atoms with E-state index in [9.17, 15) is 4.79 Å². The SMILES string of the molecule is Cc1cc(C)cc(OCC(=O)N2CCN(CC3CCOC3)CC2)c1. The Hall–Kier alpha value is -1.59. The molecule has 0 saturated carbocycles. The van der Waals surface area contributed by atoms with E-state index in [0.717, 1.165) is 62.8 Å². The lowest BCUT2D eigenvalue weighted by Gasteiger charge is -2.35. The van der Waals surface area contributed by atoms with Crippen molar-refractivity contribution in [2.75, 3.05) is 52.5 Å². The fourth-order valence-corrected chi connectivity index (χ4v) is 3.52. The van der Waals surface area contributed by atoms with Gasteiger partial charge < -0.3 is 14.4 Å². The van der Waals surface area contributed by atoms with Crippen LogP contribution in [-0.2, 0) is 9.53 Å². The van der Waals surface area contributed by atoms with Gasteiger partial charge in [0, 0.05) is 39.3 Å². The Kier molecular flexibility index (Phi) is 5.74. The molecule has 2 aliphatic heterocycles. The molecule has 3 rings (SSSR count). The number of hydrogen-bond donors (Lipinski definition) is 0. The zero-order valence-electron chi connectivity index (χ0n) is 14.8. The van der Waals surface area contributed by atoms with Crippen LogP contribution in [0.5, 0.6) is 5.75 Å². The average molecular weight is 332 g/mol. The molecule has 5 nitrogen and oxygen atoms in total. The third kappa shape index (κ3) is 4.71. The van der Waals surface area contributed by atoms with E-state index in [1.54, 1.807) is 0 Å². The number of amides is 1. The Morgan fingerprint density at radius 1 is 1.17 bits per heavy atom. The number of aryl methyl sites for hydroxylation is 2. The second kappa shape index (κ2) is 7.99. The fourth-order valence-electron chi connectivity index (χ4n) is 3.52. The van der Waals surface area contributed by atoms with Crippen LogP contribution in [0, 0.1) is 19.8 Å². The Morgan fingerprint density at radius 3 is 2.50 bits per heavy atom. The highest BCUT2D eigenvalue weighted by atomic mass is 16.5. The first-order valence-electron chi connectivity index (χ1n) is 8.89. The molecule has 0 spiro atoms. The highest BCUT2D eigenvalue weighted by Gasteiger charge is 2.24. The number of ether oxygens (including phenoxy) is 2. The molecule has 0 aliphatic carbocycles. The van der Waals surface area contributed by atoms with Gasteiger partial charge in [-0.05, 0) is 49.4 Å². The van der Waals surface area contributed by atoms with E-state index in [4.69, 9.17) is 9.47 Å². The standard InChI is InChI=1S/C19H28N2O3/c1-15-9-16(2)11-18(10-15)24-14-19(22)21-6-4-20(5-7-21)12-17-3-8-23-13-17/h9-11,17H,3-8,12-14H2,1-2H3. The summed E-state index contributed by atoms with van der Waals surface area (Å²) in [5.41, 5.74) is 2.31. The summed E-state index contributed by atoms with van der Waals surface area (Å²) in [4.78, 5) is 16.7. The highest BCUT2D eigenvalue weighted by Crippen LogP contribution is 2.17. The second-order valence-electron chi connectivity index (χ2n) is 7.02. The van der Waals surface area contributed by atoms with Crippen LogP contribution >= 0.6 is 0 Å². The normalized spacial score (nSPS) is 21.9. The molecule has 1 aromatic carbocycles. The number of carbonyl (C=O) groups is 1. The van der Waals surface area contributed by atoms with Crippen LogP contribution in [0.4, 0.5) is 0 Å². The van der Waals surface area contributed by atoms with Crippen LogP contribution in [-0.4, -0.2) is 68.3 Å². The number of piperazine rings is 1. The maximum Gasteiger partial charge on any atom is 0.260 e. The zero-order valence-corrected chi connectivity index (χ0v) is 14.8. The number of carbonyl (C=O) groups excluding carboxylic acids is 1. The molecule has 1 aromatic rings. The summed E-state index contributed by atoms with van der Waals surface area (Å²) in [6.07, 6.45) is 1.17. The minimum absolute atomic E-state index is 0.0815. The Labute approximate surface area is 144 Å². The molecule has 1 amide bonds. The van der Waals surface area contributed by atoms with Gasteiger partial charge >= 0.3 is 0 Å². The number of nitrogens with zero attached hydrogens (tertiary/aromatic N) is 2. The van der Waals surface area contributed by atoms with Crippen LogP contribution in [0.25, 0.3) is 0 Å². The van der Waals surface area contributed by atoms with E-state index in [1.165, 1.54) is 6.42 Å². The topological polar surface area (TPSA) is 42.0 Å². The smallest absolute Gasteiger partial charge is 0.260 e. The summed E-state index contributed by atoms with van der Waals surface area (Å²) in [5, 5.41) is 0. The summed E-state index contributed by atoms with van der Waals surface area (Å²) >= 11 is 0. The number of hydrogen-bond acceptors (Lipinski definition) is 4. The first-order valence-corrected chi connectivity index (χ1v) is 8.89. The van der Waals surface area contributed by atoms with Crippen molar-refractivity contribution in [1.82, 2.24) is 9.80 Å². The van der Waals surface area contributed by atoms with Crippen LogP contribution in [0.15, 0.2) is 18.2 Å². The molecule has 132 valence electrons. The molecule has 2 saturated heterocycles. The van der Waals surface area contributed by atoms with Crippen molar-refractivity contribution in [2.45, 2.75) is 20.3 Å². The molecule has 2 fully saturated rings. The molecule has 2 heterocycles. The van der Waals surface area contributed by atoms with E-state index in [1.807, 2.05) is 30.9 Å². The predicted octanol–water partition coefficient (Wildman–Crippen LogP) is 1.86. The van der Waals surface area contributed by atoms with Crippen molar-refractivity contribution in [3.05, 3.63) is 29.3 Å². The Bertz CT molecular complexity index is 541. The van der Waals surface area contributed by atoms with Gasteiger partial charge in [0.15, 0.2) is 6.61 Å². The molecular formula is C19H28N2O3. The van der Waals surface area contributed by atoms with E-state index >= 15 is 0 Å². The van der Waals surface area contributed by atoms with Gasteiger partial charge in [-0.25, -0.2) is 0 Å². The predicted molar refractivity (Wildman–Crippen MR) is 93.4 cm³/mol. The van der Waals surface area contributed by atoms with E-state index in [2.05, 4.69) is 11.0 Å². The van der Waals surface area contributed by atoms with Gasteiger partial charge in [-0.3, -0.25) is 9.69 Å². The minimum atomic E-state index is 0.0815. The van der Waals surface area contributed by atoms with Gasteiger partial charge in [-0.1, -0.05) is 6.07 Å². The monoisotopic (exact) mass is 332 g/mol. The van der Waals surface area contributed by atoms with E-state index in [0.29, 0.717) is 5.92 Å². The van der Waals surface area contributed by atoms with Crippen LogP contribution in [0.3, 0.4) is 0 Å². The number of benzene rings is 1.